The van der Waals surface area contributed by atoms with Crippen LogP contribution in [0.5, 0.6) is 11.5 Å². The zero-order chi connectivity index (χ0) is 53.3. The van der Waals surface area contributed by atoms with E-state index in [2.05, 4.69) is 135 Å². The standard InChI is InChI=1S/C23H23N3O.C22H21N3OS.C20H18N2/c1-15-9-20(25)12-18-10-16(4-6-22(15)18)17-5-7-23(19(11-17)13-24)27-14-21-3-2-8-26-21;1-14-6-19(24)9-17-7-15(2-4-21(14)17)16-3-5-22(18(8-16)10-23)26-12-20-11-25-13-27-20;1-3-14-7-15(12-21)9-17(8-14)16-4-5-20-13(2)6-19(22)11-18(20)10-16/h3-12H,2,13-14,24-25H2,1H3;2-9,11,13H,10,12,23-24H2,1H3;4-11H,3,22H2,1-2H3. The number of nitriles is 1. The number of rotatable bonds is 12. The Morgan fingerprint density at radius 2 is 1.03 bits per heavy atom. The summed E-state index contributed by atoms with van der Waals surface area (Å²) in [7, 11) is 0. The van der Waals surface area contributed by atoms with E-state index in [9.17, 15) is 5.26 Å². The Bertz CT molecular complexity index is 3860. The van der Waals surface area contributed by atoms with Gasteiger partial charge >= 0.3 is 0 Å². The van der Waals surface area contributed by atoms with Gasteiger partial charge in [-0.15, -0.1) is 11.3 Å². The number of thiazole rings is 1. The summed E-state index contributed by atoms with van der Waals surface area (Å²) in [5, 5.41) is 16.3. The number of hydrogen-bond donors (Lipinski definition) is 5. The SMILES string of the molecule is CCc1cc(C#N)cc(-c2ccc3c(C)cc(N)cc3c2)c1.Cc1cc(N)cc2cc(-c3ccc(OCC4=CCC=N4)c(CN)c3)ccc12.Cc1cc(N)cc2cc(-c3ccc(OCc4cncs4)c(CN)c3)ccc12. The number of allylic oxidation sites excluding steroid dienone is 1. The number of anilines is 3. The highest BCUT2D eigenvalue weighted by Crippen LogP contribution is 2.34. The van der Waals surface area contributed by atoms with E-state index < -0.39 is 0 Å². The Labute approximate surface area is 448 Å². The number of benzene rings is 9. The Hall–Kier alpha value is -8.79. The van der Waals surface area contributed by atoms with Crippen molar-refractivity contribution in [3.05, 3.63) is 213 Å². The summed E-state index contributed by atoms with van der Waals surface area (Å²) in [6, 6.07) is 52.0. The van der Waals surface area contributed by atoms with E-state index in [-0.39, 0.29) is 0 Å². The molecule has 10 aromatic rings. The molecule has 2 heterocycles. The van der Waals surface area contributed by atoms with Crippen LogP contribution in [0.25, 0.3) is 65.7 Å². The predicted octanol–water partition coefficient (Wildman–Crippen LogP) is 14.3. The minimum atomic E-state index is 0.422. The van der Waals surface area contributed by atoms with Gasteiger partial charge in [-0.3, -0.25) is 9.98 Å². The molecular weight excluding hydrogens is 957 g/mol. The fraction of sp³-hybridized carbons (Fsp3) is 0.154. The highest BCUT2D eigenvalue weighted by Gasteiger charge is 2.12. The van der Waals surface area contributed by atoms with Crippen molar-refractivity contribution in [1.29, 1.82) is 5.26 Å². The number of aromatic nitrogens is 1. The van der Waals surface area contributed by atoms with Crippen LogP contribution < -0.4 is 38.1 Å². The van der Waals surface area contributed by atoms with Crippen LogP contribution in [0.1, 0.15) is 57.2 Å². The number of hydrogen-bond acceptors (Lipinski definition) is 11. The number of aryl methyl sites for hydroxylation is 4. The summed E-state index contributed by atoms with van der Waals surface area (Å²) in [4.78, 5) is 9.44. The fourth-order valence-corrected chi connectivity index (χ4v) is 10.2. The third kappa shape index (κ3) is 12.2. The molecule has 9 aromatic carbocycles. The molecule has 11 rings (SSSR count). The summed E-state index contributed by atoms with van der Waals surface area (Å²) in [6.45, 7) is 10.2. The molecule has 11 heteroatoms. The van der Waals surface area contributed by atoms with Gasteiger partial charge in [-0.2, -0.15) is 5.26 Å². The number of nitrogen functional groups attached to an aromatic ring is 3. The normalized spacial score (nSPS) is 11.7. The van der Waals surface area contributed by atoms with Crippen molar-refractivity contribution in [3.8, 4) is 50.9 Å². The molecule has 0 bridgehead atoms. The molecule has 0 atom stereocenters. The van der Waals surface area contributed by atoms with Crippen LogP contribution in [0.4, 0.5) is 17.1 Å². The van der Waals surface area contributed by atoms with E-state index in [0.717, 1.165) is 113 Å². The summed E-state index contributed by atoms with van der Waals surface area (Å²) in [5.74, 6) is 1.63. The molecule has 0 radical (unpaired) electrons. The Kier molecular flexibility index (Phi) is 16.2. The van der Waals surface area contributed by atoms with Gasteiger partial charge in [-0.05, 0) is 206 Å². The monoisotopic (exact) mass is 1020 g/mol. The Morgan fingerprint density at radius 1 is 0.553 bits per heavy atom. The molecule has 0 saturated heterocycles. The molecule has 10 nitrogen and oxygen atoms in total. The van der Waals surface area contributed by atoms with Gasteiger partial charge in [-0.1, -0.05) is 67.6 Å². The van der Waals surface area contributed by atoms with Crippen LogP contribution in [0.15, 0.2) is 174 Å². The smallest absolute Gasteiger partial charge is 0.130 e. The summed E-state index contributed by atoms with van der Waals surface area (Å²) in [6.07, 6.45) is 7.58. The third-order valence-corrected chi connectivity index (χ3v) is 14.3. The van der Waals surface area contributed by atoms with Crippen LogP contribution in [0.3, 0.4) is 0 Å². The van der Waals surface area contributed by atoms with Crippen LogP contribution in [-0.4, -0.2) is 17.8 Å². The average molecular weight is 1020 g/mol. The third-order valence-electron chi connectivity index (χ3n) is 13.6. The summed E-state index contributed by atoms with van der Waals surface area (Å²) < 4.78 is 11.9. The van der Waals surface area contributed by atoms with Gasteiger partial charge in [0.05, 0.1) is 27.7 Å². The quantitative estimate of drug-likeness (QED) is 0.0739. The molecule has 0 spiro atoms. The van der Waals surface area contributed by atoms with Gasteiger partial charge in [0.25, 0.3) is 0 Å². The average Bonchev–Trinajstić information content (AvgIpc) is 4.17. The van der Waals surface area contributed by atoms with Gasteiger partial charge in [0.2, 0.25) is 0 Å². The minimum absolute atomic E-state index is 0.422. The lowest BCUT2D eigenvalue weighted by Crippen LogP contribution is -2.05. The number of fused-ring (bicyclic) bond motifs is 3. The highest BCUT2D eigenvalue weighted by atomic mass is 32.1. The maximum absolute atomic E-state index is 9.21. The molecule has 1 aliphatic rings. The van der Waals surface area contributed by atoms with Crippen LogP contribution >= 0.6 is 11.3 Å². The first-order valence-electron chi connectivity index (χ1n) is 25.3. The van der Waals surface area contributed by atoms with Crippen LogP contribution in [0, 0.1) is 32.1 Å². The minimum Gasteiger partial charge on any atom is -0.488 e. The van der Waals surface area contributed by atoms with E-state index in [1.807, 2.05) is 73.1 Å². The first-order chi connectivity index (χ1) is 36.9. The number of nitrogens with zero attached hydrogens (tertiary/aromatic N) is 3. The van der Waals surface area contributed by atoms with E-state index in [4.69, 9.17) is 38.1 Å². The predicted molar refractivity (Wildman–Crippen MR) is 319 cm³/mol. The zero-order valence-electron chi connectivity index (χ0n) is 43.4. The molecule has 380 valence electrons. The summed E-state index contributed by atoms with van der Waals surface area (Å²) in [5.41, 5.74) is 49.2. The van der Waals surface area contributed by atoms with Gasteiger partial charge in [0.1, 0.15) is 24.7 Å². The van der Waals surface area contributed by atoms with Crippen molar-refractivity contribution < 1.29 is 9.47 Å². The maximum atomic E-state index is 9.21. The van der Waals surface area contributed by atoms with Crippen LogP contribution in [0.2, 0.25) is 0 Å². The molecule has 0 saturated carbocycles. The highest BCUT2D eigenvalue weighted by molar-refractivity contribution is 7.09. The molecule has 76 heavy (non-hydrogen) atoms. The molecule has 1 aromatic heterocycles. The van der Waals surface area contributed by atoms with Crippen LogP contribution in [-0.2, 0) is 26.1 Å². The number of nitrogens with two attached hydrogens (primary N) is 5. The van der Waals surface area contributed by atoms with Crippen molar-refractivity contribution in [2.45, 2.75) is 60.2 Å². The molecule has 10 N–H and O–H groups in total. The number of ether oxygens (including phenoxy) is 2. The molecule has 0 aliphatic carbocycles. The van der Waals surface area contributed by atoms with Gasteiger partial charge in [0.15, 0.2) is 0 Å². The van der Waals surface area contributed by atoms with Crippen molar-refractivity contribution in [3.63, 3.8) is 0 Å². The topological polar surface area (TPSA) is 198 Å². The maximum Gasteiger partial charge on any atom is 0.130 e. The van der Waals surface area contributed by atoms with Gasteiger partial charge < -0.3 is 38.1 Å². The Balaban J connectivity index is 0.000000140. The zero-order valence-corrected chi connectivity index (χ0v) is 44.2. The molecular formula is C65H62N8O2S. The second-order valence-corrected chi connectivity index (χ2v) is 20.0. The van der Waals surface area contributed by atoms with E-state index in [0.29, 0.717) is 31.9 Å². The lowest BCUT2D eigenvalue weighted by Gasteiger charge is -2.13. The van der Waals surface area contributed by atoms with E-state index in [1.54, 1.807) is 16.8 Å². The van der Waals surface area contributed by atoms with Gasteiger partial charge in [-0.25, -0.2) is 0 Å². The van der Waals surface area contributed by atoms with Gasteiger partial charge in [0, 0.05) is 60.1 Å². The van der Waals surface area contributed by atoms with Crippen molar-refractivity contribution in [1.82, 2.24) is 4.98 Å². The first-order valence-corrected chi connectivity index (χ1v) is 26.2. The molecule has 0 fully saturated rings. The van der Waals surface area contributed by atoms with Crippen molar-refractivity contribution in [2.24, 2.45) is 16.5 Å². The lowest BCUT2D eigenvalue weighted by atomic mass is 9.95. The molecule has 1 aliphatic heterocycles. The second kappa shape index (κ2) is 23.6. The molecule has 0 unspecified atom stereocenters. The summed E-state index contributed by atoms with van der Waals surface area (Å²) >= 11 is 1.58. The van der Waals surface area contributed by atoms with E-state index >= 15 is 0 Å². The molecule has 0 amide bonds. The number of aliphatic imine (C=N–C) groups is 1. The lowest BCUT2D eigenvalue weighted by molar-refractivity contribution is 0.306. The first kappa shape index (κ1) is 52.1. The van der Waals surface area contributed by atoms with E-state index in [1.165, 1.54) is 38.4 Å². The van der Waals surface area contributed by atoms with Crippen molar-refractivity contribution >= 4 is 66.9 Å². The second-order valence-electron chi connectivity index (χ2n) is 19.0. The van der Waals surface area contributed by atoms with Crippen molar-refractivity contribution in [2.75, 3.05) is 23.8 Å². The Morgan fingerprint density at radius 3 is 1.46 bits per heavy atom. The largest absolute Gasteiger partial charge is 0.488 e. The fourth-order valence-electron chi connectivity index (χ4n) is 9.68.